The van der Waals surface area contributed by atoms with Crippen molar-refractivity contribution < 1.29 is 15.0 Å². The fraction of sp³-hybridized carbons (Fsp3) is 0.375. The highest BCUT2D eigenvalue weighted by Crippen LogP contribution is 2.21. The summed E-state index contributed by atoms with van der Waals surface area (Å²) in [4.78, 5) is 12.2. The van der Waals surface area contributed by atoms with Gasteiger partial charge in [-0.05, 0) is 31.0 Å². The summed E-state index contributed by atoms with van der Waals surface area (Å²) in [6.07, 6.45) is 4.02. The van der Waals surface area contributed by atoms with Gasteiger partial charge in [-0.15, -0.1) is 0 Å². The van der Waals surface area contributed by atoms with Gasteiger partial charge in [0.25, 0.3) is 5.91 Å². The molecular weight excluding hydrogens is 282 g/mol. The number of benzene rings is 1. The molecule has 3 N–H and O–H groups in total. The lowest BCUT2D eigenvalue weighted by molar-refractivity contribution is 0.0525. The van der Waals surface area contributed by atoms with Crippen LogP contribution in [0.25, 0.3) is 0 Å². The first-order valence-electron chi connectivity index (χ1n) is 7.15. The molecule has 2 rings (SSSR count). The maximum absolute atomic E-state index is 12.2. The van der Waals surface area contributed by atoms with Crippen LogP contribution in [-0.2, 0) is 19.1 Å². The van der Waals surface area contributed by atoms with E-state index in [4.69, 9.17) is 0 Å². The number of carbonyl (C=O) groups excluding carboxylic acids is 1. The summed E-state index contributed by atoms with van der Waals surface area (Å²) in [5.41, 5.74) is 0.548. The molecular formula is C16H21N3O3. The number of aryl methyl sites for hydroxylation is 2. The maximum Gasteiger partial charge on any atom is 0.255 e. The Bertz CT molecular complexity index is 677. The molecule has 1 aromatic carbocycles. The van der Waals surface area contributed by atoms with Crippen molar-refractivity contribution >= 4 is 5.91 Å². The summed E-state index contributed by atoms with van der Waals surface area (Å²) in [6.45, 7) is 3.60. The van der Waals surface area contributed by atoms with E-state index in [0.717, 1.165) is 12.0 Å². The fourth-order valence-electron chi connectivity index (χ4n) is 2.13. The molecule has 0 radical (unpaired) electrons. The van der Waals surface area contributed by atoms with E-state index >= 15 is 0 Å². The lowest BCUT2D eigenvalue weighted by Gasteiger charge is -2.22. The largest absolute Gasteiger partial charge is 0.507 e. The second-order valence-corrected chi connectivity index (χ2v) is 5.56. The number of phenols is 1. The van der Waals surface area contributed by atoms with Crippen LogP contribution in [0.1, 0.15) is 35.3 Å². The monoisotopic (exact) mass is 303 g/mol. The molecule has 6 nitrogen and oxygen atoms in total. The van der Waals surface area contributed by atoms with Crippen LogP contribution in [0.5, 0.6) is 5.75 Å². The Balaban J connectivity index is 2.09. The Morgan fingerprint density at radius 1 is 1.45 bits per heavy atom. The van der Waals surface area contributed by atoms with Crippen molar-refractivity contribution in [3.05, 3.63) is 47.3 Å². The Hall–Kier alpha value is -2.34. The van der Waals surface area contributed by atoms with E-state index in [1.165, 1.54) is 6.07 Å². The van der Waals surface area contributed by atoms with Gasteiger partial charge in [-0.25, -0.2) is 0 Å². The minimum Gasteiger partial charge on any atom is -0.507 e. The molecule has 2 aromatic rings. The van der Waals surface area contributed by atoms with Gasteiger partial charge in [0, 0.05) is 18.8 Å². The minimum atomic E-state index is -1.23. The number of hydrogen-bond donors (Lipinski definition) is 3. The smallest absolute Gasteiger partial charge is 0.255 e. The number of carbonyl (C=O) groups is 1. The highest BCUT2D eigenvalue weighted by atomic mass is 16.3. The van der Waals surface area contributed by atoms with Crippen LogP contribution in [0.15, 0.2) is 30.6 Å². The van der Waals surface area contributed by atoms with Gasteiger partial charge in [-0.2, -0.15) is 5.10 Å². The van der Waals surface area contributed by atoms with Gasteiger partial charge in [0.1, 0.15) is 11.4 Å². The second kappa shape index (κ2) is 6.19. The predicted molar refractivity (Wildman–Crippen MR) is 82.6 cm³/mol. The lowest BCUT2D eigenvalue weighted by atomic mass is 9.99. The molecule has 0 aliphatic rings. The Kier molecular flexibility index (Phi) is 4.51. The average molecular weight is 303 g/mol. The number of nitrogens with one attached hydrogen (secondary N) is 1. The van der Waals surface area contributed by atoms with Crippen LogP contribution in [0.2, 0.25) is 0 Å². The number of aromatic nitrogens is 2. The molecule has 0 saturated heterocycles. The Morgan fingerprint density at radius 2 is 2.18 bits per heavy atom. The summed E-state index contributed by atoms with van der Waals surface area (Å²) in [7, 11) is 1.76. The molecule has 6 heteroatoms. The summed E-state index contributed by atoms with van der Waals surface area (Å²) in [5, 5.41) is 26.9. The summed E-state index contributed by atoms with van der Waals surface area (Å²) in [6, 6.07) is 4.94. The molecule has 0 aliphatic carbocycles. The van der Waals surface area contributed by atoms with Crippen LogP contribution < -0.4 is 5.32 Å². The number of hydrogen-bond acceptors (Lipinski definition) is 4. The van der Waals surface area contributed by atoms with Crippen molar-refractivity contribution in [1.82, 2.24) is 15.1 Å². The third-order valence-corrected chi connectivity index (χ3v) is 3.63. The molecule has 1 unspecified atom stereocenters. The van der Waals surface area contributed by atoms with Crippen LogP contribution >= 0.6 is 0 Å². The number of nitrogens with zero attached hydrogens (tertiary/aromatic N) is 2. The van der Waals surface area contributed by atoms with E-state index < -0.39 is 11.5 Å². The molecule has 0 fully saturated rings. The second-order valence-electron chi connectivity index (χ2n) is 5.56. The normalized spacial score (nSPS) is 13.6. The number of aromatic hydroxyl groups is 1. The maximum atomic E-state index is 12.2. The van der Waals surface area contributed by atoms with Crippen molar-refractivity contribution in [2.75, 3.05) is 6.54 Å². The van der Waals surface area contributed by atoms with Crippen molar-refractivity contribution in [1.29, 1.82) is 0 Å². The third-order valence-electron chi connectivity index (χ3n) is 3.63. The molecule has 22 heavy (non-hydrogen) atoms. The lowest BCUT2D eigenvalue weighted by Crippen LogP contribution is -2.38. The van der Waals surface area contributed by atoms with Crippen LogP contribution in [0, 0.1) is 0 Å². The van der Waals surface area contributed by atoms with Crippen molar-refractivity contribution in [3.63, 3.8) is 0 Å². The number of rotatable bonds is 5. The molecule has 0 aliphatic heterocycles. The van der Waals surface area contributed by atoms with Gasteiger partial charge in [-0.3, -0.25) is 9.48 Å². The van der Waals surface area contributed by atoms with Gasteiger partial charge < -0.3 is 15.5 Å². The van der Waals surface area contributed by atoms with Gasteiger partial charge in [-0.1, -0.05) is 13.0 Å². The molecule has 118 valence electrons. The number of aliphatic hydroxyl groups is 1. The minimum absolute atomic E-state index is 0.0212. The SMILES string of the molecule is CCc1ccc(O)c(C(=O)NCC(C)(O)c2cnn(C)c2)c1. The van der Waals surface area contributed by atoms with E-state index in [1.54, 1.807) is 43.2 Å². The Morgan fingerprint density at radius 3 is 2.77 bits per heavy atom. The zero-order chi connectivity index (χ0) is 16.3. The quantitative estimate of drug-likeness (QED) is 0.777. The molecule has 1 amide bonds. The average Bonchev–Trinajstić information content (AvgIpc) is 2.93. The van der Waals surface area contributed by atoms with Crippen molar-refractivity contribution in [3.8, 4) is 5.75 Å². The molecule has 0 spiro atoms. The molecule has 0 bridgehead atoms. The first kappa shape index (κ1) is 16.0. The molecule has 1 heterocycles. The van der Waals surface area contributed by atoms with E-state index in [1.807, 2.05) is 6.92 Å². The zero-order valence-electron chi connectivity index (χ0n) is 13.0. The first-order valence-corrected chi connectivity index (χ1v) is 7.15. The summed E-state index contributed by atoms with van der Waals surface area (Å²) in [5.74, 6) is -0.493. The topological polar surface area (TPSA) is 87.4 Å². The standard InChI is InChI=1S/C16H21N3O3/c1-4-11-5-6-14(20)13(7-11)15(21)17-10-16(2,22)12-8-18-19(3)9-12/h5-9,20,22H,4,10H2,1-3H3,(H,17,21). The van der Waals surface area contributed by atoms with Crippen LogP contribution in [0.3, 0.4) is 0 Å². The first-order chi connectivity index (χ1) is 10.3. The molecule has 1 aromatic heterocycles. The summed E-state index contributed by atoms with van der Waals surface area (Å²) < 4.78 is 1.59. The molecule has 1 atom stereocenters. The highest BCUT2D eigenvalue weighted by Gasteiger charge is 2.26. The van der Waals surface area contributed by atoms with E-state index in [0.29, 0.717) is 5.56 Å². The van der Waals surface area contributed by atoms with Crippen molar-refractivity contribution in [2.24, 2.45) is 7.05 Å². The van der Waals surface area contributed by atoms with E-state index in [2.05, 4.69) is 10.4 Å². The van der Waals surface area contributed by atoms with E-state index in [9.17, 15) is 15.0 Å². The summed E-state index contributed by atoms with van der Waals surface area (Å²) >= 11 is 0. The van der Waals surface area contributed by atoms with Gasteiger partial charge >= 0.3 is 0 Å². The highest BCUT2D eigenvalue weighted by molar-refractivity contribution is 5.97. The van der Waals surface area contributed by atoms with Gasteiger partial charge in [0.15, 0.2) is 0 Å². The number of amides is 1. The van der Waals surface area contributed by atoms with Gasteiger partial charge in [0.05, 0.1) is 18.3 Å². The Labute approximate surface area is 129 Å². The fourth-order valence-corrected chi connectivity index (χ4v) is 2.13. The number of phenolic OH excluding ortho intramolecular Hbond substituents is 1. The van der Waals surface area contributed by atoms with Crippen LogP contribution in [-0.4, -0.2) is 32.4 Å². The predicted octanol–water partition coefficient (Wildman–Crippen LogP) is 1.33. The van der Waals surface area contributed by atoms with Crippen molar-refractivity contribution in [2.45, 2.75) is 25.9 Å². The van der Waals surface area contributed by atoms with Gasteiger partial charge in [0.2, 0.25) is 0 Å². The van der Waals surface area contributed by atoms with E-state index in [-0.39, 0.29) is 17.9 Å². The zero-order valence-corrected chi connectivity index (χ0v) is 13.0. The molecule has 0 saturated carbocycles. The van der Waals surface area contributed by atoms with Crippen LogP contribution in [0.4, 0.5) is 0 Å². The third kappa shape index (κ3) is 3.46.